The molecule has 5 aromatic rings. The van der Waals surface area contributed by atoms with E-state index in [9.17, 15) is 29.5 Å². The largest absolute Gasteiger partial charge is 0.489 e. The molecule has 0 spiro atoms. The maximum Gasteiger partial charge on any atom is 0.251 e. The highest BCUT2D eigenvalue weighted by Crippen LogP contribution is 2.55. The lowest BCUT2D eigenvalue weighted by Crippen LogP contribution is -2.74. The topological polar surface area (TPSA) is 205 Å². The Labute approximate surface area is 424 Å². The quantitative estimate of drug-likeness (QED) is 0.0656. The summed E-state index contributed by atoms with van der Waals surface area (Å²) in [5, 5.41) is 29.2. The van der Waals surface area contributed by atoms with E-state index in [1.807, 2.05) is 82.6 Å². The number of hydrogen-bond donors (Lipinski definition) is 4. The van der Waals surface area contributed by atoms with Crippen LogP contribution in [0.2, 0.25) is 5.02 Å². The molecule has 1 saturated carbocycles. The highest BCUT2D eigenvalue weighted by Gasteiger charge is 2.64. The third kappa shape index (κ3) is 11.9. The molecule has 2 aliphatic rings. The van der Waals surface area contributed by atoms with Crippen molar-refractivity contribution >= 4 is 46.6 Å². The minimum absolute atomic E-state index is 0.0400. The molecule has 4 amide bonds. The fourth-order valence-corrected chi connectivity index (χ4v) is 10.9. The highest BCUT2D eigenvalue weighted by atomic mass is 35.5. The van der Waals surface area contributed by atoms with Gasteiger partial charge in [-0.15, -0.1) is 11.3 Å². The number of aryl methyl sites for hydroxylation is 1. The Morgan fingerprint density at radius 1 is 0.930 bits per heavy atom. The van der Waals surface area contributed by atoms with Gasteiger partial charge < -0.3 is 40.2 Å². The van der Waals surface area contributed by atoms with E-state index in [0.717, 1.165) is 32.8 Å². The van der Waals surface area contributed by atoms with Gasteiger partial charge in [-0.25, -0.2) is 9.97 Å². The molecule has 3 aromatic carbocycles. The smallest absolute Gasteiger partial charge is 0.251 e. The summed E-state index contributed by atoms with van der Waals surface area (Å²) in [5.41, 5.74) is 5.71. The van der Waals surface area contributed by atoms with Crippen LogP contribution in [0.4, 0.5) is 0 Å². The zero-order chi connectivity index (χ0) is 51.4. The van der Waals surface area contributed by atoms with Crippen molar-refractivity contribution in [2.45, 2.75) is 105 Å². The first-order valence-electron chi connectivity index (χ1n) is 23.6. The highest BCUT2D eigenvalue weighted by molar-refractivity contribution is 7.13. The van der Waals surface area contributed by atoms with Crippen molar-refractivity contribution in [3.63, 3.8) is 0 Å². The van der Waals surface area contributed by atoms with Crippen LogP contribution in [0.3, 0.4) is 0 Å². The number of β-amino-alcohol motifs (C(OH)–C–C–N with tert-alkyl or cyclic N) is 1. The van der Waals surface area contributed by atoms with Crippen molar-refractivity contribution < 1.29 is 38.5 Å². The average molecular weight is 1000 g/mol. The van der Waals surface area contributed by atoms with Gasteiger partial charge >= 0.3 is 0 Å². The minimum atomic E-state index is -1.00. The number of hydrogen-bond acceptors (Lipinski definition) is 12. The van der Waals surface area contributed by atoms with Gasteiger partial charge in [-0.2, -0.15) is 5.26 Å². The van der Waals surface area contributed by atoms with Crippen LogP contribution in [0.5, 0.6) is 11.6 Å². The number of thiazole rings is 1. The second-order valence-electron chi connectivity index (χ2n) is 20.5. The fourth-order valence-electron chi connectivity index (χ4n) is 9.85. The number of rotatable bonds is 17. The van der Waals surface area contributed by atoms with Gasteiger partial charge in [-0.05, 0) is 66.3 Å². The molecule has 71 heavy (non-hydrogen) atoms. The molecule has 4 atom stereocenters. The number of nitrogens with zero attached hydrogens (tertiary/aromatic N) is 4. The number of nitrogens with one attached hydrogen (secondary N) is 3. The maximum absolute atomic E-state index is 14.1. The lowest BCUT2D eigenvalue weighted by Gasteiger charge is -2.63. The molecule has 374 valence electrons. The van der Waals surface area contributed by atoms with Gasteiger partial charge in [-0.1, -0.05) is 96.5 Å². The number of aliphatic hydroxyl groups excluding tert-OH is 1. The second kappa shape index (κ2) is 21.5. The molecule has 0 bridgehead atoms. The Balaban J connectivity index is 0.847. The van der Waals surface area contributed by atoms with E-state index in [0.29, 0.717) is 27.8 Å². The molecule has 2 aromatic heterocycles. The van der Waals surface area contributed by atoms with Gasteiger partial charge in [0.25, 0.3) is 5.91 Å². The first kappa shape index (κ1) is 52.4. The van der Waals surface area contributed by atoms with Gasteiger partial charge in [-0.3, -0.25) is 19.2 Å². The van der Waals surface area contributed by atoms with E-state index in [2.05, 4.69) is 59.7 Å². The van der Waals surface area contributed by atoms with Crippen LogP contribution >= 0.6 is 22.9 Å². The molecule has 4 N–H and O–H groups in total. The number of ether oxygens (including phenoxy) is 3. The lowest BCUT2D eigenvalue weighted by atomic mass is 9.49. The molecule has 17 heteroatoms. The third-order valence-corrected chi connectivity index (χ3v) is 14.7. The van der Waals surface area contributed by atoms with Gasteiger partial charge in [0.15, 0.2) is 0 Å². The maximum atomic E-state index is 14.1. The van der Waals surface area contributed by atoms with E-state index in [1.54, 1.807) is 53.9 Å². The molecule has 1 aliphatic carbocycles. The fraction of sp³-hybridized carbons (Fsp3) is 0.426. The number of nitriles is 1. The van der Waals surface area contributed by atoms with E-state index in [-0.39, 0.29) is 62.8 Å². The number of benzene rings is 3. The number of carbonyl (C=O) groups is 4. The van der Waals surface area contributed by atoms with E-state index < -0.39 is 46.2 Å². The molecular formula is C54H62ClN7O8S. The van der Waals surface area contributed by atoms with Gasteiger partial charge in [0.2, 0.25) is 23.6 Å². The van der Waals surface area contributed by atoms with Crippen LogP contribution in [0.1, 0.15) is 95.0 Å². The molecule has 15 nitrogen and oxygen atoms in total. The first-order chi connectivity index (χ1) is 33.6. The third-order valence-electron chi connectivity index (χ3n) is 13.4. The van der Waals surface area contributed by atoms with Crippen molar-refractivity contribution in [1.82, 2.24) is 30.8 Å². The number of pyridine rings is 1. The van der Waals surface area contributed by atoms with E-state index in [4.69, 9.17) is 25.8 Å². The predicted molar refractivity (Wildman–Crippen MR) is 272 cm³/mol. The van der Waals surface area contributed by atoms with Crippen LogP contribution in [-0.4, -0.2) is 100 Å². The molecule has 1 saturated heterocycles. The second-order valence-corrected chi connectivity index (χ2v) is 21.8. The SMILES string of the molecule is Cc1ncsc1-c1ccc([C@H](C)NC(=O)[C@@H]2C[C@@H](O)CN2C(=O)C(NC(=O)COCCOc2ccc(-c3ccc(C(=O)NC4C(C)(C)C(Oc5ccc(C#N)c(Cl)c5)C4(C)C)cc3)cn2)C(C)(C)C)cc1. The average Bonchev–Trinajstić information content (AvgIpc) is 3.96. The van der Waals surface area contributed by atoms with E-state index >= 15 is 0 Å². The van der Waals surface area contributed by atoms with Gasteiger partial charge in [0.05, 0.1) is 45.4 Å². The zero-order valence-electron chi connectivity index (χ0n) is 41.5. The molecule has 0 radical (unpaired) electrons. The molecule has 1 aliphatic heterocycles. The van der Waals surface area contributed by atoms with Crippen LogP contribution in [-0.2, 0) is 19.1 Å². The summed E-state index contributed by atoms with van der Waals surface area (Å²) in [6.45, 7) is 17.3. The summed E-state index contributed by atoms with van der Waals surface area (Å²) in [4.78, 5) is 65.6. The number of aromatic nitrogens is 2. The van der Waals surface area contributed by atoms with Crippen molar-refractivity contribution in [3.8, 4) is 39.3 Å². The summed E-state index contributed by atoms with van der Waals surface area (Å²) in [6, 6.07) is 23.3. The number of amides is 4. The van der Waals surface area contributed by atoms with Crippen LogP contribution in [0.25, 0.3) is 21.6 Å². The number of halogens is 1. The van der Waals surface area contributed by atoms with Gasteiger partial charge in [0, 0.05) is 59.3 Å². The monoisotopic (exact) mass is 1000 g/mol. The molecule has 3 heterocycles. The van der Waals surface area contributed by atoms with Crippen molar-refractivity contribution in [2.24, 2.45) is 16.2 Å². The van der Waals surface area contributed by atoms with Crippen molar-refractivity contribution in [3.05, 3.63) is 118 Å². The molecule has 7 rings (SSSR count). The number of aliphatic hydroxyl groups is 1. The van der Waals surface area contributed by atoms with Gasteiger partial charge in [0.1, 0.15) is 43.2 Å². The normalized spacial score (nSPS) is 19.9. The van der Waals surface area contributed by atoms with E-state index in [1.165, 1.54) is 4.90 Å². The summed E-state index contributed by atoms with van der Waals surface area (Å²) >= 11 is 7.81. The van der Waals surface area contributed by atoms with Crippen LogP contribution < -0.4 is 25.4 Å². The summed E-state index contributed by atoms with van der Waals surface area (Å²) < 4.78 is 17.7. The van der Waals surface area contributed by atoms with Crippen molar-refractivity contribution in [1.29, 1.82) is 5.26 Å². The minimum Gasteiger partial charge on any atom is -0.489 e. The Morgan fingerprint density at radius 3 is 2.21 bits per heavy atom. The molecule has 2 fully saturated rings. The number of likely N-dealkylation sites (tertiary alicyclic amines) is 1. The summed E-state index contributed by atoms with van der Waals surface area (Å²) in [7, 11) is 0. The Kier molecular flexibility index (Phi) is 15.9. The Bertz CT molecular complexity index is 2750. The predicted octanol–water partition coefficient (Wildman–Crippen LogP) is 8.08. The standard InChI is InChI=1S/C54H62ClN7O8S/c1-31(33-10-14-35(15-11-33)45-32(2)58-30-71-45)59-48(66)42-24-39(63)28-62(42)49(67)46(52(3,4)5)60-43(64)29-68-22-23-69-44-21-19-38(27-57-44)34-12-16-36(17-13-34)47(65)61-50-53(6,7)51(54(50,8)9)70-40-20-18-37(26-56)41(55)25-40/h10-21,25,27,30-31,39,42,46,50-51,63H,22-24,28-29H2,1-9H3,(H,59,66)(H,60,64)(H,61,65)/t31-,39+,42-,46?,50?,51?/m0/s1. The first-order valence-corrected chi connectivity index (χ1v) is 24.9. The van der Waals surface area contributed by atoms with Crippen LogP contribution in [0, 0.1) is 34.5 Å². The molecular weight excluding hydrogens is 942 g/mol. The lowest BCUT2D eigenvalue weighted by molar-refractivity contribution is -0.164. The molecule has 1 unspecified atom stereocenters. The summed E-state index contributed by atoms with van der Waals surface area (Å²) in [5.74, 6) is -0.650. The van der Waals surface area contributed by atoms with Crippen LogP contribution in [0.15, 0.2) is 90.6 Å². The van der Waals surface area contributed by atoms with Crippen molar-refractivity contribution in [2.75, 3.05) is 26.4 Å². The Hall–Kier alpha value is -6.38. The summed E-state index contributed by atoms with van der Waals surface area (Å²) in [6.07, 6.45) is 0.618. The zero-order valence-corrected chi connectivity index (χ0v) is 43.1. The Morgan fingerprint density at radius 2 is 1.61 bits per heavy atom. The number of carbonyl (C=O) groups excluding carboxylic acids is 4.